The van der Waals surface area contributed by atoms with Crippen molar-refractivity contribution in [1.29, 1.82) is 0 Å². The average molecular weight is 177 g/mol. The topological polar surface area (TPSA) is 20.2 Å². The maximum Gasteiger partial charge on any atom is 0.106 e. The Morgan fingerprint density at radius 2 is 2.38 bits per heavy atom. The molecular weight excluding hydrogens is 168 g/mol. The predicted molar refractivity (Wildman–Crippen MR) is 39.1 cm³/mol. The predicted octanol–water partition coefficient (Wildman–Crippen LogP) is 2.75. The molecule has 0 saturated carbocycles. The second-order valence-electron chi connectivity index (χ2n) is 1.35. The fourth-order valence-corrected chi connectivity index (χ4v) is 0.567. The van der Waals surface area contributed by atoms with Crippen LogP contribution in [0.4, 0.5) is 0 Å². The van der Waals surface area contributed by atoms with Crippen LogP contribution in [0.2, 0.25) is 0 Å². The Hall–Kier alpha value is -0.240. The minimum Gasteiger partial charge on any atom is -0.511 e. The molecule has 0 aromatic carbocycles. The van der Waals surface area contributed by atoms with Gasteiger partial charge in [-0.15, -0.1) is 0 Å². The number of hydrogen-bond donors (Lipinski definition) is 1. The molecule has 0 unspecified atom stereocenters. The van der Waals surface area contributed by atoms with Crippen LogP contribution >= 0.6 is 15.9 Å². The lowest BCUT2D eigenvalue weighted by molar-refractivity contribution is 0.393. The van der Waals surface area contributed by atoms with E-state index in [1.807, 2.05) is 6.92 Å². The zero-order valence-corrected chi connectivity index (χ0v) is 6.40. The summed E-state index contributed by atoms with van der Waals surface area (Å²) in [7, 11) is 0. The molecular formula is C6H9BrO. The van der Waals surface area contributed by atoms with Crippen LogP contribution in [0, 0.1) is 0 Å². The van der Waals surface area contributed by atoms with E-state index in [-0.39, 0.29) is 0 Å². The van der Waals surface area contributed by atoms with Crippen LogP contribution in [-0.2, 0) is 0 Å². The number of aliphatic hydroxyl groups excluding tert-OH is 1. The normalized spacial score (nSPS) is 12.8. The van der Waals surface area contributed by atoms with Crippen molar-refractivity contribution < 1.29 is 5.11 Å². The van der Waals surface area contributed by atoms with Crippen molar-refractivity contribution in [2.45, 2.75) is 13.3 Å². The summed E-state index contributed by atoms with van der Waals surface area (Å²) in [5, 5.41) is 8.89. The molecule has 8 heavy (non-hydrogen) atoms. The first-order chi connectivity index (χ1) is 3.72. The van der Waals surface area contributed by atoms with Gasteiger partial charge in [-0.25, -0.2) is 0 Å². The molecule has 2 heteroatoms. The van der Waals surface area contributed by atoms with E-state index < -0.39 is 0 Å². The summed E-state index contributed by atoms with van der Waals surface area (Å²) in [6.45, 7) is 5.34. The lowest BCUT2D eigenvalue weighted by Crippen LogP contribution is -1.77. The van der Waals surface area contributed by atoms with Gasteiger partial charge >= 0.3 is 0 Å². The standard InChI is InChI=1S/C6H9BrO/c1-3-5(7)6(8)4-2/h3,8H,1,4H2,2H3/b6-5-. The summed E-state index contributed by atoms with van der Waals surface area (Å²) in [6.07, 6.45) is 2.21. The van der Waals surface area contributed by atoms with Crippen molar-refractivity contribution in [1.82, 2.24) is 0 Å². The van der Waals surface area contributed by atoms with Gasteiger partial charge < -0.3 is 5.11 Å². The van der Waals surface area contributed by atoms with Crippen LogP contribution in [0.25, 0.3) is 0 Å². The molecule has 0 amide bonds. The number of halogens is 1. The van der Waals surface area contributed by atoms with E-state index in [0.717, 1.165) is 0 Å². The largest absolute Gasteiger partial charge is 0.511 e. The van der Waals surface area contributed by atoms with Gasteiger partial charge in [0.2, 0.25) is 0 Å². The number of hydrogen-bond acceptors (Lipinski definition) is 1. The Labute approximate surface area is 57.8 Å². The maximum atomic E-state index is 8.89. The summed E-state index contributed by atoms with van der Waals surface area (Å²) < 4.78 is 0.681. The van der Waals surface area contributed by atoms with Gasteiger partial charge in [0.05, 0.1) is 4.48 Å². The quantitative estimate of drug-likeness (QED) is 0.507. The molecule has 0 aliphatic rings. The van der Waals surface area contributed by atoms with E-state index in [1.54, 1.807) is 6.08 Å². The van der Waals surface area contributed by atoms with Crippen LogP contribution in [-0.4, -0.2) is 5.11 Å². The molecule has 0 aromatic heterocycles. The first-order valence-corrected chi connectivity index (χ1v) is 3.21. The lowest BCUT2D eigenvalue weighted by atomic mass is 10.3. The van der Waals surface area contributed by atoms with Gasteiger partial charge in [-0.3, -0.25) is 0 Å². The van der Waals surface area contributed by atoms with E-state index in [9.17, 15) is 0 Å². The molecule has 0 atom stereocenters. The Morgan fingerprint density at radius 1 is 1.88 bits per heavy atom. The molecule has 0 heterocycles. The minimum absolute atomic E-state index is 0.347. The number of allylic oxidation sites excluding steroid dienone is 3. The zero-order valence-electron chi connectivity index (χ0n) is 4.82. The van der Waals surface area contributed by atoms with Gasteiger partial charge in [0, 0.05) is 6.42 Å². The zero-order chi connectivity index (χ0) is 6.57. The van der Waals surface area contributed by atoms with Crippen molar-refractivity contribution in [2.75, 3.05) is 0 Å². The van der Waals surface area contributed by atoms with Crippen molar-refractivity contribution in [3.8, 4) is 0 Å². The molecule has 0 spiro atoms. The van der Waals surface area contributed by atoms with Gasteiger partial charge in [-0.2, -0.15) is 0 Å². The molecule has 0 radical (unpaired) electrons. The highest BCUT2D eigenvalue weighted by Crippen LogP contribution is 2.12. The van der Waals surface area contributed by atoms with E-state index >= 15 is 0 Å². The Kier molecular flexibility index (Phi) is 3.61. The third-order valence-electron chi connectivity index (χ3n) is 0.790. The molecule has 0 aliphatic heterocycles. The summed E-state index contributed by atoms with van der Waals surface area (Å²) in [5.41, 5.74) is 0. The first kappa shape index (κ1) is 7.76. The highest BCUT2D eigenvalue weighted by Gasteiger charge is 1.91. The van der Waals surface area contributed by atoms with Gasteiger partial charge in [-0.1, -0.05) is 19.6 Å². The summed E-state index contributed by atoms with van der Waals surface area (Å²) in [4.78, 5) is 0. The van der Waals surface area contributed by atoms with E-state index in [2.05, 4.69) is 22.5 Å². The van der Waals surface area contributed by atoms with Crippen LogP contribution < -0.4 is 0 Å². The Bertz CT molecular complexity index is 116. The minimum atomic E-state index is 0.347. The monoisotopic (exact) mass is 176 g/mol. The van der Waals surface area contributed by atoms with Crippen molar-refractivity contribution >= 4 is 15.9 Å². The van der Waals surface area contributed by atoms with Gasteiger partial charge in [0.15, 0.2) is 0 Å². The highest BCUT2D eigenvalue weighted by atomic mass is 79.9. The molecule has 0 fully saturated rings. The highest BCUT2D eigenvalue weighted by molar-refractivity contribution is 9.11. The first-order valence-electron chi connectivity index (χ1n) is 2.42. The van der Waals surface area contributed by atoms with Crippen molar-refractivity contribution in [3.05, 3.63) is 22.9 Å². The molecule has 1 nitrogen and oxygen atoms in total. The lowest BCUT2D eigenvalue weighted by Gasteiger charge is -1.92. The van der Waals surface area contributed by atoms with Crippen LogP contribution in [0.15, 0.2) is 22.9 Å². The average Bonchev–Trinajstić information content (AvgIpc) is 1.84. The fourth-order valence-electron chi connectivity index (χ4n) is 0.287. The third kappa shape index (κ3) is 2.17. The molecule has 0 aromatic rings. The van der Waals surface area contributed by atoms with Crippen LogP contribution in [0.3, 0.4) is 0 Å². The Morgan fingerprint density at radius 3 is 2.50 bits per heavy atom. The maximum absolute atomic E-state index is 8.89. The smallest absolute Gasteiger partial charge is 0.106 e. The molecule has 46 valence electrons. The van der Waals surface area contributed by atoms with Crippen LogP contribution in [0.1, 0.15) is 13.3 Å². The van der Waals surface area contributed by atoms with Gasteiger partial charge in [0.25, 0.3) is 0 Å². The number of rotatable bonds is 2. The fraction of sp³-hybridized carbons (Fsp3) is 0.333. The van der Waals surface area contributed by atoms with Crippen molar-refractivity contribution in [3.63, 3.8) is 0 Å². The SMILES string of the molecule is C=C/C(Br)=C(/O)CC. The summed E-state index contributed by atoms with van der Waals surface area (Å²) in [5.74, 6) is 0.347. The number of aliphatic hydroxyl groups is 1. The van der Waals surface area contributed by atoms with Gasteiger partial charge in [0.1, 0.15) is 5.76 Å². The van der Waals surface area contributed by atoms with E-state index in [1.165, 1.54) is 0 Å². The van der Waals surface area contributed by atoms with E-state index in [0.29, 0.717) is 16.7 Å². The summed E-state index contributed by atoms with van der Waals surface area (Å²) in [6, 6.07) is 0. The molecule has 0 aliphatic carbocycles. The third-order valence-corrected chi connectivity index (χ3v) is 1.57. The second kappa shape index (κ2) is 3.72. The molecule has 1 N–H and O–H groups in total. The van der Waals surface area contributed by atoms with Crippen LogP contribution in [0.5, 0.6) is 0 Å². The van der Waals surface area contributed by atoms with Gasteiger partial charge in [-0.05, 0) is 15.9 Å². The molecule has 0 bridgehead atoms. The second-order valence-corrected chi connectivity index (χ2v) is 2.21. The summed E-state index contributed by atoms with van der Waals surface area (Å²) >= 11 is 3.11. The van der Waals surface area contributed by atoms with E-state index in [4.69, 9.17) is 5.11 Å². The Balaban J connectivity index is 4.03. The molecule has 0 rings (SSSR count). The van der Waals surface area contributed by atoms with Crippen molar-refractivity contribution in [2.24, 2.45) is 0 Å². The molecule has 0 saturated heterocycles.